The number of hydrogen-bond acceptors (Lipinski definition) is 7. The number of hydrazone groups is 1. The van der Waals surface area contributed by atoms with Gasteiger partial charge in [-0.1, -0.05) is 62.0 Å². The van der Waals surface area contributed by atoms with Crippen LogP contribution in [0.15, 0.2) is 76.2 Å². The van der Waals surface area contributed by atoms with E-state index < -0.39 is 0 Å². The van der Waals surface area contributed by atoms with Crippen LogP contribution in [0.5, 0.6) is 0 Å². The number of fused-ring (bicyclic) bond motifs is 1. The lowest BCUT2D eigenvalue weighted by molar-refractivity contribution is -0.131. The zero-order valence-corrected chi connectivity index (χ0v) is 20.7. The van der Waals surface area contributed by atoms with Gasteiger partial charge in [-0.05, 0) is 43.5 Å². The average molecular weight is 477 g/mol. The number of nitrogens with two attached hydrogens (primary N) is 1. The van der Waals surface area contributed by atoms with Crippen LogP contribution in [-0.2, 0) is 4.79 Å². The standard InChI is InChI=1S/C26H32N6OS/c1-3-16-30(17-4-2)24(33)15-10-18-34-26-29-32(27)25(31(26)21-12-6-5-7-13-21)23-19-20-11-8-9-14-22(20)28-23/h5-9,11-14,19H,3-4,10,15-18,27H2,1-2H3/b25-23+. The number of allylic oxidation sites excluding steroid dienone is 1. The fraction of sp³-hybridized carbons (Fsp3) is 0.346. The molecule has 0 atom stereocenters. The predicted molar refractivity (Wildman–Crippen MR) is 140 cm³/mol. The van der Waals surface area contributed by atoms with E-state index >= 15 is 0 Å². The first-order valence-corrected chi connectivity index (χ1v) is 12.9. The number of carbonyl (C=O) groups excluding carboxylic acids is 1. The third kappa shape index (κ3) is 5.34. The molecule has 1 amide bonds. The van der Waals surface area contributed by atoms with Gasteiger partial charge in [-0.15, -0.1) is 5.10 Å². The van der Waals surface area contributed by atoms with Crippen molar-refractivity contribution < 1.29 is 4.79 Å². The second-order valence-corrected chi connectivity index (χ2v) is 9.32. The molecule has 0 aromatic heterocycles. The second-order valence-electron chi connectivity index (χ2n) is 8.25. The number of para-hydroxylation sites is 2. The Morgan fingerprint density at radius 1 is 1.03 bits per heavy atom. The molecule has 0 saturated heterocycles. The predicted octanol–water partition coefficient (Wildman–Crippen LogP) is 3.40. The highest BCUT2D eigenvalue weighted by molar-refractivity contribution is 8.14. The number of thioether (sulfide) groups is 1. The highest BCUT2D eigenvalue weighted by Gasteiger charge is 2.32. The van der Waals surface area contributed by atoms with Gasteiger partial charge in [-0.3, -0.25) is 9.69 Å². The number of amidine groups is 1. The van der Waals surface area contributed by atoms with E-state index in [-0.39, 0.29) is 5.91 Å². The van der Waals surface area contributed by atoms with Gasteiger partial charge < -0.3 is 4.90 Å². The molecule has 2 aliphatic heterocycles. The Labute approximate surface area is 205 Å². The molecule has 2 aromatic carbocycles. The molecule has 0 radical (unpaired) electrons. The number of amides is 1. The van der Waals surface area contributed by atoms with Crippen molar-refractivity contribution in [2.24, 2.45) is 15.9 Å². The molecular formula is C26H32N6OS. The fourth-order valence-corrected chi connectivity index (χ4v) is 5.03. The first kappa shape index (κ1) is 24.0. The lowest BCUT2D eigenvalue weighted by Gasteiger charge is -2.23. The first-order chi connectivity index (χ1) is 16.6. The van der Waals surface area contributed by atoms with Crippen LogP contribution in [0.3, 0.4) is 0 Å². The normalized spacial score (nSPS) is 16.7. The molecule has 0 spiro atoms. The summed E-state index contributed by atoms with van der Waals surface area (Å²) < 4.78 is 0. The second kappa shape index (κ2) is 11.4. The Morgan fingerprint density at radius 3 is 2.44 bits per heavy atom. The van der Waals surface area contributed by atoms with E-state index in [0.29, 0.717) is 6.42 Å². The van der Waals surface area contributed by atoms with Crippen molar-refractivity contribution in [1.82, 2.24) is 10.0 Å². The number of hydrazine groups is 1. The molecule has 2 aliphatic rings. The van der Waals surface area contributed by atoms with Crippen molar-refractivity contribution in [3.8, 4) is 0 Å². The lowest BCUT2D eigenvalue weighted by Crippen LogP contribution is -2.32. The van der Waals surface area contributed by atoms with Crippen LogP contribution in [0.4, 0.5) is 5.69 Å². The SMILES string of the molecule is CCCN(CCC)C(=O)CCCSC1=NN(N)/C(=C2\C=c3ccccc3=N2)N1c1ccccc1. The Bertz CT molecular complexity index is 1150. The molecule has 34 heavy (non-hydrogen) atoms. The number of rotatable bonds is 9. The number of hydrogen-bond donors (Lipinski definition) is 1. The zero-order valence-electron chi connectivity index (χ0n) is 19.9. The summed E-state index contributed by atoms with van der Waals surface area (Å²) in [6, 6.07) is 18.1. The molecule has 2 aromatic rings. The Balaban J connectivity index is 1.50. The monoisotopic (exact) mass is 476 g/mol. The Hall–Kier alpha value is -3.10. The maximum atomic E-state index is 12.6. The van der Waals surface area contributed by atoms with E-state index in [9.17, 15) is 4.79 Å². The molecule has 2 heterocycles. The number of carbonyl (C=O) groups is 1. The first-order valence-electron chi connectivity index (χ1n) is 11.9. The van der Waals surface area contributed by atoms with Gasteiger partial charge in [0.25, 0.3) is 0 Å². The number of benzene rings is 2. The highest BCUT2D eigenvalue weighted by Crippen LogP contribution is 2.33. The van der Waals surface area contributed by atoms with Gasteiger partial charge in [0.2, 0.25) is 5.91 Å². The zero-order chi connectivity index (χ0) is 23.9. The Kier molecular flexibility index (Phi) is 8.03. The maximum absolute atomic E-state index is 12.6. The van der Waals surface area contributed by atoms with Crippen molar-refractivity contribution in [1.29, 1.82) is 0 Å². The van der Waals surface area contributed by atoms with Gasteiger partial charge in [0, 0.05) is 36.2 Å². The molecule has 178 valence electrons. The van der Waals surface area contributed by atoms with Gasteiger partial charge in [0.1, 0.15) is 5.70 Å². The minimum Gasteiger partial charge on any atom is -0.343 e. The molecule has 7 nitrogen and oxygen atoms in total. The van der Waals surface area contributed by atoms with E-state index in [1.54, 1.807) is 11.8 Å². The molecular weight excluding hydrogens is 444 g/mol. The molecule has 0 bridgehead atoms. The summed E-state index contributed by atoms with van der Waals surface area (Å²) in [5.74, 6) is 8.09. The number of nitrogens with zero attached hydrogens (tertiary/aromatic N) is 5. The van der Waals surface area contributed by atoms with E-state index in [0.717, 1.165) is 71.1 Å². The summed E-state index contributed by atoms with van der Waals surface area (Å²) in [6.45, 7) is 5.88. The van der Waals surface area contributed by atoms with Crippen LogP contribution in [-0.4, -0.2) is 39.9 Å². The third-order valence-corrected chi connectivity index (χ3v) is 6.65. The van der Waals surface area contributed by atoms with Crippen molar-refractivity contribution >= 4 is 34.6 Å². The van der Waals surface area contributed by atoms with Gasteiger partial charge in [-0.25, -0.2) is 10.8 Å². The summed E-state index contributed by atoms with van der Waals surface area (Å²) in [5.41, 5.74) is 1.74. The highest BCUT2D eigenvalue weighted by atomic mass is 32.2. The van der Waals surface area contributed by atoms with E-state index in [4.69, 9.17) is 10.8 Å². The van der Waals surface area contributed by atoms with Crippen LogP contribution in [0, 0.1) is 0 Å². The molecule has 0 unspecified atom stereocenters. The summed E-state index contributed by atoms with van der Waals surface area (Å²) in [5, 5.41) is 8.81. The van der Waals surface area contributed by atoms with Gasteiger partial charge in [0.05, 0.1) is 5.36 Å². The summed E-state index contributed by atoms with van der Waals surface area (Å²) in [4.78, 5) is 21.4. The molecule has 4 rings (SSSR count). The molecule has 0 saturated carbocycles. The lowest BCUT2D eigenvalue weighted by atomic mass is 10.2. The van der Waals surface area contributed by atoms with Crippen LogP contribution in [0.25, 0.3) is 6.08 Å². The van der Waals surface area contributed by atoms with Crippen molar-refractivity contribution in [2.45, 2.75) is 39.5 Å². The van der Waals surface area contributed by atoms with E-state index in [2.05, 4.69) is 18.9 Å². The van der Waals surface area contributed by atoms with Gasteiger partial charge >= 0.3 is 0 Å². The van der Waals surface area contributed by atoms with E-state index in [1.165, 1.54) is 5.12 Å². The quantitative estimate of drug-likeness (QED) is 0.443. The number of anilines is 1. The smallest absolute Gasteiger partial charge is 0.222 e. The van der Waals surface area contributed by atoms with Gasteiger partial charge in [0.15, 0.2) is 11.0 Å². The van der Waals surface area contributed by atoms with Crippen molar-refractivity contribution in [3.63, 3.8) is 0 Å². The molecule has 2 N–H and O–H groups in total. The largest absolute Gasteiger partial charge is 0.343 e. The topological polar surface area (TPSA) is 77.5 Å². The summed E-state index contributed by atoms with van der Waals surface area (Å²) in [6.07, 6.45) is 5.34. The molecule has 0 aliphatic carbocycles. The van der Waals surface area contributed by atoms with E-state index in [1.807, 2.05) is 70.5 Å². The van der Waals surface area contributed by atoms with Gasteiger partial charge in [-0.2, -0.15) is 5.12 Å². The van der Waals surface area contributed by atoms with Crippen LogP contribution in [0.1, 0.15) is 39.5 Å². The minimum atomic E-state index is 0.234. The van der Waals surface area contributed by atoms with Crippen molar-refractivity contribution in [2.75, 3.05) is 23.7 Å². The van der Waals surface area contributed by atoms with Crippen LogP contribution < -0.4 is 21.3 Å². The molecule has 8 heteroatoms. The van der Waals surface area contributed by atoms with Crippen molar-refractivity contribution in [3.05, 3.63) is 76.7 Å². The van der Waals surface area contributed by atoms with Crippen LogP contribution >= 0.6 is 11.8 Å². The maximum Gasteiger partial charge on any atom is 0.222 e. The minimum absolute atomic E-state index is 0.234. The molecule has 0 fully saturated rings. The fourth-order valence-electron chi connectivity index (χ4n) is 4.09. The summed E-state index contributed by atoms with van der Waals surface area (Å²) in [7, 11) is 0. The average Bonchev–Trinajstić information content (AvgIpc) is 3.42. The third-order valence-electron chi connectivity index (χ3n) is 5.63. The summed E-state index contributed by atoms with van der Waals surface area (Å²) >= 11 is 1.61. The Morgan fingerprint density at radius 2 is 1.74 bits per heavy atom. The van der Waals surface area contributed by atoms with Crippen LogP contribution in [0.2, 0.25) is 0 Å².